The van der Waals surface area contributed by atoms with Crippen molar-refractivity contribution in [3.05, 3.63) is 59.5 Å². The third-order valence-corrected chi connectivity index (χ3v) is 4.60. The Hall–Kier alpha value is -1.54. The van der Waals surface area contributed by atoms with Crippen LogP contribution < -0.4 is 5.32 Å². The molecule has 0 radical (unpaired) electrons. The molecule has 2 aromatic rings. The standard InChI is InChI=1S/C19H25NO/c1-3-14-20-18(17-11-10-16(4-2)21-17)19(12-13-19)15-8-6-5-7-9-15/h5-11,18,20H,3-4,12-14H2,1-2H3. The molecule has 1 atom stereocenters. The van der Waals surface area contributed by atoms with E-state index in [-0.39, 0.29) is 5.41 Å². The van der Waals surface area contributed by atoms with Gasteiger partial charge in [0.1, 0.15) is 11.5 Å². The molecule has 1 aromatic heterocycles. The number of hydrogen-bond acceptors (Lipinski definition) is 2. The Morgan fingerprint density at radius 2 is 1.86 bits per heavy atom. The largest absolute Gasteiger partial charge is 0.464 e. The predicted molar refractivity (Wildman–Crippen MR) is 86.5 cm³/mol. The van der Waals surface area contributed by atoms with E-state index in [1.807, 2.05) is 0 Å². The third-order valence-electron chi connectivity index (χ3n) is 4.60. The first kappa shape index (κ1) is 14.4. The van der Waals surface area contributed by atoms with Gasteiger partial charge in [-0.15, -0.1) is 0 Å². The van der Waals surface area contributed by atoms with Crippen LogP contribution in [0.3, 0.4) is 0 Å². The zero-order valence-corrected chi connectivity index (χ0v) is 13.1. The van der Waals surface area contributed by atoms with Crippen molar-refractivity contribution in [1.82, 2.24) is 5.32 Å². The van der Waals surface area contributed by atoms with Gasteiger partial charge in [0.25, 0.3) is 0 Å². The molecule has 21 heavy (non-hydrogen) atoms. The topological polar surface area (TPSA) is 25.2 Å². The summed E-state index contributed by atoms with van der Waals surface area (Å²) in [4.78, 5) is 0. The van der Waals surface area contributed by atoms with Crippen LogP contribution in [-0.2, 0) is 11.8 Å². The van der Waals surface area contributed by atoms with Gasteiger partial charge in [-0.1, -0.05) is 44.2 Å². The minimum Gasteiger partial charge on any atom is -0.464 e. The van der Waals surface area contributed by atoms with E-state index >= 15 is 0 Å². The van der Waals surface area contributed by atoms with Crippen molar-refractivity contribution >= 4 is 0 Å². The summed E-state index contributed by atoms with van der Waals surface area (Å²) in [5.74, 6) is 2.18. The predicted octanol–water partition coefficient (Wildman–Crippen LogP) is 4.61. The molecule has 0 amide bonds. The van der Waals surface area contributed by atoms with Crippen LogP contribution in [0.5, 0.6) is 0 Å². The van der Waals surface area contributed by atoms with Gasteiger partial charge in [0.15, 0.2) is 0 Å². The Balaban J connectivity index is 1.92. The van der Waals surface area contributed by atoms with Crippen LogP contribution >= 0.6 is 0 Å². The fourth-order valence-electron chi connectivity index (χ4n) is 3.25. The lowest BCUT2D eigenvalue weighted by Crippen LogP contribution is -2.32. The molecule has 2 heteroatoms. The van der Waals surface area contributed by atoms with Crippen molar-refractivity contribution in [2.75, 3.05) is 6.54 Å². The van der Waals surface area contributed by atoms with E-state index in [9.17, 15) is 0 Å². The summed E-state index contributed by atoms with van der Waals surface area (Å²) in [5.41, 5.74) is 1.66. The summed E-state index contributed by atoms with van der Waals surface area (Å²) in [5, 5.41) is 3.73. The van der Waals surface area contributed by atoms with Crippen molar-refractivity contribution in [3.8, 4) is 0 Å². The highest BCUT2D eigenvalue weighted by Crippen LogP contribution is 2.56. The molecule has 1 unspecified atom stereocenters. The molecule has 1 fully saturated rings. The van der Waals surface area contributed by atoms with Crippen LogP contribution in [0.1, 0.15) is 56.2 Å². The molecule has 1 saturated carbocycles. The number of benzene rings is 1. The Morgan fingerprint density at radius 3 is 2.43 bits per heavy atom. The highest BCUT2D eigenvalue weighted by molar-refractivity contribution is 5.36. The van der Waals surface area contributed by atoms with E-state index in [1.54, 1.807) is 0 Å². The maximum Gasteiger partial charge on any atom is 0.122 e. The fraction of sp³-hybridized carbons (Fsp3) is 0.474. The van der Waals surface area contributed by atoms with Crippen LogP contribution in [-0.4, -0.2) is 6.54 Å². The quantitative estimate of drug-likeness (QED) is 0.802. The molecule has 0 saturated heterocycles. The lowest BCUT2D eigenvalue weighted by molar-refractivity contribution is 0.342. The molecular weight excluding hydrogens is 258 g/mol. The maximum absolute atomic E-state index is 6.08. The molecule has 1 aromatic carbocycles. The maximum atomic E-state index is 6.08. The average molecular weight is 283 g/mol. The average Bonchev–Trinajstić information content (AvgIpc) is 3.20. The van der Waals surface area contributed by atoms with Gasteiger partial charge in [-0.05, 0) is 43.5 Å². The first-order valence-corrected chi connectivity index (χ1v) is 8.17. The Morgan fingerprint density at radius 1 is 1.10 bits per heavy atom. The van der Waals surface area contributed by atoms with E-state index in [0.29, 0.717) is 6.04 Å². The van der Waals surface area contributed by atoms with Gasteiger partial charge < -0.3 is 9.73 Å². The number of rotatable bonds is 7. The molecule has 1 heterocycles. The second kappa shape index (κ2) is 6.07. The van der Waals surface area contributed by atoms with Crippen LogP contribution in [0.4, 0.5) is 0 Å². The van der Waals surface area contributed by atoms with Gasteiger partial charge in [0, 0.05) is 11.8 Å². The van der Waals surface area contributed by atoms with E-state index in [1.165, 1.54) is 18.4 Å². The van der Waals surface area contributed by atoms with Crippen molar-refractivity contribution in [1.29, 1.82) is 0 Å². The summed E-state index contributed by atoms with van der Waals surface area (Å²) in [6.45, 7) is 5.38. The summed E-state index contributed by atoms with van der Waals surface area (Å²) < 4.78 is 6.08. The number of furan rings is 1. The minimum absolute atomic E-state index is 0.222. The highest BCUT2D eigenvalue weighted by atomic mass is 16.3. The lowest BCUT2D eigenvalue weighted by atomic mass is 9.86. The number of aryl methyl sites for hydroxylation is 1. The monoisotopic (exact) mass is 283 g/mol. The van der Waals surface area contributed by atoms with Crippen molar-refractivity contribution in [3.63, 3.8) is 0 Å². The zero-order chi connectivity index (χ0) is 14.7. The Kier molecular flexibility index (Phi) is 4.16. The number of nitrogens with one attached hydrogen (secondary N) is 1. The van der Waals surface area contributed by atoms with Gasteiger partial charge in [-0.2, -0.15) is 0 Å². The molecule has 1 N–H and O–H groups in total. The number of hydrogen-bond donors (Lipinski definition) is 1. The lowest BCUT2D eigenvalue weighted by Gasteiger charge is -2.27. The third kappa shape index (κ3) is 2.77. The Bertz CT molecular complexity index is 568. The molecule has 0 bridgehead atoms. The Labute approximate surface area is 127 Å². The summed E-state index contributed by atoms with van der Waals surface area (Å²) in [7, 11) is 0. The van der Waals surface area contributed by atoms with E-state index in [2.05, 4.69) is 61.6 Å². The first-order chi connectivity index (χ1) is 10.3. The minimum atomic E-state index is 0.222. The van der Waals surface area contributed by atoms with Gasteiger partial charge >= 0.3 is 0 Å². The fourth-order valence-corrected chi connectivity index (χ4v) is 3.25. The van der Waals surface area contributed by atoms with E-state index in [0.717, 1.165) is 30.9 Å². The summed E-state index contributed by atoms with van der Waals surface area (Å²) in [6.07, 6.45) is 4.57. The SMILES string of the molecule is CCCNC(c1ccc(CC)o1)C1(c2ccccc2)CC1. The molecule has 1 aliphatic carbocycles. The molecular formula is C19H25NO. The summed E-state index contributed by atoms with van der Waals surface area (Å²) in [6, 6.07) is 15.5. The van der Waals surface area contributed by atoms with Crippen LogP contribution in [0.15, 0.2) is 46.9 Å². The molecule has 0 spiro atoms. The molecule has 0 aliphatic heterocycles. The van der Waals surface area contributed by atoms with Crippen LogP contribution in [0.25, 0.3) is 0 Å². The van der Waals surface area contributed by atoms with E-state index in [4.69, 9.17) is 4.42 Å². The summed E-state index contributed by atoms with van der Waals surface area (Å²) >= 11 is 0. The second-order valence-electron chi connectivity index (χ2n) is 6.07. The van der Waals surface area contributed by atoms with Gasteiger partial charge in [-0.3, -0.25) is 0 Å². The molecule has 2 nitrogen and oxygen atoms in total. The second-order valence-corrected chi connectivity index (χ2v) is 6.07. The van der Waals surface area contributed by atoms with Gasteiger partial charge in [-0.25, -0.2) is 0 Å². The van der Waals surface area contributed by atoms with E-state index < -0.39 is 0 Å². The zero-order valence-electron chi connectivity index (χ0n) is 13.1. The van der Waals surface area contributed by atoms with Crippen molar-refractivity contribution in [2.24, 2.45) is 0 Å². The molecule has 112 valence electrons. The molecule has 1 aliphatic rings. The van der Waals surface area contributed by atoms with Crippen molar-refractivity contribution in [2.45, 2.75) is 51.0 Å². The highest BCUT2D eigenvalue weighted by Gasteiger charge is 2.52. The van der Waals surface area contributed by atoms with Crippen LogP contribution in [0, 0.1) is 0 Å². The molecule has 3 rings (SSSR count). The van der Waals surface area contributed by atoms with Crippen molar-refractivity contribution < 1.29 is 4.42 Å². The first-order valence-electron chi connectivity index (χ1n) is 8.17. The smallest absolute Gasteiger partial charge is 0.122 e. The normalized spacial score (nSPS) is 17.6. The van der Waals surface area contributed by atoms with Gasteiger partial charge in [0.05, 0.1) is 6.04 Å². The van der Waals surface area contributed by atoms with Gasteiger partial charge in [0.2, 0.25) is 0 Å². The van der Waals surface area contributed by atoms with Crippen LogP contribution in [0.2, 0.25) is 0 Å².